The summed E-state index contributed by atoms with van der Waals surface area (Å²) in [4.78, 5) is 7.93. The van der Waals surface area contributed by atoms with Gasteiger partial charge in [-0.2, -0.15) is 4.98 Å². The number of H-pyrrole nitrogens is 1. The van der Waals surface area contributed by atoms with Crippen LogP contribution in [0.15, 0.2) is 12.3 Å². The van der Waals surface area contributed by atoms with Gasteiger partial charge in [0.2, 0.25) is 0 Å². The summed E-state index contributed by atoms with van der Waals surface area (Å²) in [6.07, 6.45) is 1.58. The Kier molecular flexibility index (Phi) is 1.63. The molecule has 0 saturated heterocycles. The molecule has 2 heterocycles. The minimum Gasteiger partial charge on any atom is -0.388 e. The van der Waals surface area contributed by atoms with E-state index < -0.39 is 0 Å². The second-order valence-electron chi connectivity index (χ2n) is 2.25. The summed E-state index contributed by atoms with van der Waals surface area (Å²) in [5, 5.41) is 11.6. The van der Waals surface area contributed by atoms with Crippen LogP contribution in [0.25, 0.3) is 5.78 Å². The highest BCUT2D eigenvalue weighted by molar-refractivity contribution is 7.71. The van der Waals surface area contributed by atoms with Crippen molar-refractivity contribution >= 4 is 18.0 Å². The number of nitrogens with zero attached hydrogens (tertiary/aromatic N) is 3. The molecule has 2 rings (SSSR count). The first-order valence-electron chi connectivity index (χ1n) is 3.35. The van der Waals surface area contributed by atoms with Crippen molar-refractivity contribution in [2.75, 3.05) is 0 Å². The van der Waals surface area contributed by atoms with Crippen LogP contribution in [-0.2, 0) is 6.61 Å². The van der Waals surface area contributed by atoms with E-state index >= 15 is 0 Å². The van der Waals surface area contributed by atoms with Gasteiger partial charge >= 0.3 is 0 Å². The molecule has 0 unspecified atom stereocenters. The highest BCUT2D eigenvalue weighted by atomic mass is 32.1. The van der Waals surface area contributed by atoms with Crippen molar-refractivity contribution in [3.63, 3.8) is 0 Å². The standard InChI is InChI=1S/C6H6N4OS/c11-3-4-8-6-7-2-1-5(12)10(6)9-4/h1-2,11H,3H2,(H,7,8,9). The first kappa shape index (κ1) is 7.38. The molecule has 0 spiro atoms. The number of aromatic amines is 1. The number of fused-ring (bicyclic) bond motifs is 1. The minimum absolute atomic E-state index is 0.141. The number of rotatable bonds is 1. The molecule has 0 radical (unpaired) electrons. The highest BCUT2D eigenvalue weighted by Crippen LogP contribution is 1.98. The molecule has 0 atom stereocenters. The smallest absolute Gasteiger partial charge is 0.251 e. The maximum atomic E-state index is 8.76. The van der Waals surface area contributed by atoms with Crippen LogP contribution in [0.2, 0.25) is 0 Å². The molecule has 0 aliphatic carbocycles. The van der Waals surface area contributed by atoms with E-state index in [1.165, 1.54) is 0 Å². The molecule has 62 valence electrons. The topological polar surface area (TPSA) is 66.2 Å². The summed E-state index contributed by atoms with van der Waals surface area (Å²) in [7, 11) is 0. The number of hydrogen-bond acceptors (Lipinski definition) is 4. The van der Waals surface area contributed by atoms with E-state index in [1.807, 2.05) is 0 Å². The third kappa shape index (κ3) is 1.01. The van der Waals surface area contributed by atoms with Crippen molar-refractivity contribution < 1.29 is 5.11 Å². The van der Waals surface area contributed by atoms with Gasteiger partial charge in [-0.25, -0.2) is 9.50 Å². The third-order valence-corrected chi connectivity index (χ3v) is 1.77. The molecule has 0 fully saturated rings. The number of nitrogens with one attached hydrogen (secondary N) is 1. The number of aliphatic hydroxyl groups is 1. The zero-order valence-electron chi connectivity index (χ0n) is 6.06. The van der Waals surface area contributed by atoms with Crippen LogP contribution in [0, 0.1) is 4.64 Å². The van der Waals surface area contributed by atoms with Crippen molar-refractivity contribution in [1.29, 1.82) is 0 Å². The average Bonchev–Trinajstić information content (AvgIpc) is 2.49. The summed E-state index contributed by atoms with van der Waals surface area (Å²) in [5.74, 6) is 0.936. The minimum atomic E-state index is -0.141. The van der Waals surface area contributed by atoms with E-state index in [-0.39, 0.29) is 6.61 Å². The molecule has 2 N–H and O–H groups in total. The molecule has 0 saturated carbocycles. The third-order valence-electron chi connectivity index (χ3n) is 1.45. The van der Waals surface area contributed by atoms with E-state index in [0.717, 1.165) is 0 Å². The largest absolute Gasteiger partial charge is 0.388 e. The second-order valence-corrected chi connectivity index (χ2v) is 2.67. The molecule has 0 aromatic carbocycles. The molecule has 0 aliphatic heterocycles. The summed E-state index contributed by atoms with van der Waals surface area (Å²) < 4.78 is 2.13. The van der Waals surface area contributed by atoms with Gasteiger partial charge in [0, 0.05) is 6.20 Å². The molecule has 2 aromatic heterocycles. The van der Waals surface area contributed by atoms with Gasteiger partial charge < -0.3 is 5.11 Å². The Morgan fingerprint density at radius 2 is 2.50 bits per heavy atom. The van der Waals surface area contributed by atoms with Crippen LogP contribution < -0.4 is 0 Å². The summed E-state index contributed by atoms with van der Waals surface area (Å²) in [5.41, 5.74) is 0. The molecular formula is C6H6N4OS. The van der Waals surface area contributed by atoms with E-state index in [9.17, 15) is 0 Å². The fraction of sp³-hybridized carbons (Fsp3) is 0.167. The maximum absolute atomic E-state index is 8.76. The maximum Gasteiger partial charge on any atom is 0.251 e. The fourth-order valence-corrected chi connectivity index (χ4v) is 1.12. The fourth-order valence-electron chi connectivity index (χ4n) is 0.928. The Bertz CT molecular complexity index is 460. The van der Waals surface area contributed by atoms with Crippen LogP contribution in [0.1, 0.15) is 5.82 Å². The van der Waals surface area contributed by atoms with Crippen molar-refractivity contribution in [1.82, 2.24) is 19.6 Å². The van der Waals surface area contributed by atoms with Crippen LogP contribution in [-0.4, -0.2) is 24.7 Å². The van der Waals surface area contributed by atoms with Crippen molar-refractivity contribution in [2.45, 2.75) is 6.61 Å². The zero-order valence-corrected chi connectivity index (χ0v) is 6.88. The lowest BCUT2D eigenvalue weighted by Crippen LogP contribution is -1.91. The molecule has 0 bridgehead atoms. The molecule has 0 aliphatic rings. The van der Waals surface area contributed by atoms with Crippen LogP contribution >= 0.6 is 12.2 Å². The van der Waals surface area contributed by atoms with Gasteiger partial charge in [-0.05, 0) is 6.07 Å². The van der Waals surface area contributed by atoms with Gasteiger partial charge in [-0.15, -0.1) is 0 Å². The van der Waals surface area contributed by atoms with Gasteiger partial charge in [0.15, 0.2) is 5.82 Å². The van der Waals surface area contributed by atoms with Crippen LogP contribution in [0.3, 0.4) is 0 Å². The summed E-state index contributed by atoms with van der Waals surface area (Å²) >= 11 is 4.99. The van der Waals surface area contributed by atoms with Crippen molar-refractivity contribution in [3.8, 4) is 0 Å². The van der Waals surface area contributed by atoms with Crippen molar-refractivity contribution in [2.24, 2.45) is 0 Å². The van der Waals surface area contributed by atoms with E-state index in [0.29, 0.717) is 16.2 Å². The average molecular weight is 182 g/mol. The van der Waals surface area contributed by atoms with Crippen molar-refractivity contribution in [3.05, 3.63) is 22.7 Å². The lowest BCUT2D eigenvalue weighted by Gasteiger charge is -1.88. The van der Waals surface area contributed by atoms with E-state index in [2.05, 4.69) is 15.1 Å². The van der Waals surface area contributed by atoms with Crippen LogP contribution in [0.5, 0.6) is 0 Å². The van der Waals surface area contributed by atoms with E-state index in [1.54, 1.807) is 16.8 Å². The van der Waals surface area contributed by atoms with Gasteiger partial charge in [0.1, 0.15) is 11.2 Å². The number of aromatic nitrogens is 4. The van der Waals surface area contributed by atoms with Gasteiger partial charge in [-0.3, -0.25) is 5.10 Å². The number of hydrogen-bond donors (Lipinski definition) is 2. The Balaban J connectivity index is 2.83. The van der Waals surface area contributed by atoms with Gasteiger partial charge in [0.05, 0.1) is 0 Å². The highest BCUT2D eigenvalue weighted by Gasteiger charge is 2.00. The SMILES string of the molecule is OCc1nc2nccc(=S)n2[nH]1. The lowest BCUT2D eigenvalue weighted by atomic mass is 10.7. The molecule has 12 heavy (non-hydrogen) atoms. The molecule has 2 aromatic rings. The van der Waals surface area contributed by atoms with Crippen LogP contribution in [0.4, 0.5) is 0 Å². The van der Waals surface area contributed by atoms with Gasteiger partial charge in [0.25, 0.3) is 5.78 Å². The van der Waals surface area contributed by atoms with Gasteiger partial charge in [-0.1, -0.05) is 12.2 Å². The normalized spacial score (nSPS) is 10.8. The number of aliphatic hydroxyl groups excluding tert-OH is 1. The summed E-state index contributed by atoms with van der Waals surface area (Å²) in [6.45, 7) is -0.141. The first-order valence-corrected chi connectivity index (χ1v) is 3.75. The predicted molar refractivity (Wildman–Crippen MR) is 44.1 cm³/mol. The molecule has 5 nitrogen and oxygen atoms in total. The Morgan fingerprint density at radius 1 is 1.67 bits per heavy atom. The Labute approximate surface area is 72.7 Å². The predicted octanol–water partition coefficient (Wildman–Crippen LogP) is 0.279. The Hall–Kier alpha value is -1.27. The first-order chi connectivity index (χ1) is 5.81. The lowest BCUT2D eigenvalue weighted by molar-refractivity contribution is 0.271. The monoisotopic (exact) mass is 182 g/mol. The molecule has 0 amide bonds. The summed E-state index contributed by atoms with van der Waals surface area (Å²) in [6, 6.07) is 1.68. The molecule has 6 heteroatoms. The second kappa shape index (κ2) is 2.65. The van der Waals surface area contributed by atoms with E-state index in [4.69, 9.17) is 17.3 Å². The zero-order chi connectivity index (χ0) is 8.55. The Morgan fingerprint density at radius 3 is 3.17 bits per heavy atom. The quantitative estimate of drug-likeness (QED) is 0.622. The molecular weight excluding hydrogens is 176 g/mol.